The Morgan fingerprint density at radius 1 is 1.07 bits per heavy atom. The van der Waals surface area contributed by atoms with Gasteiger partial charge in [0.15, 0.2) is 0 Å². The number of ether oxygens (including phenoxy) is 2. The zero-order valence-electron chi connectivity index (χ0n) is 17.8. The molecule has 1 aliphatic rings. The zero-order valence-corrected chi connectivity index (χ0v) is 19.3. The van der Waals surface area contributed by atoms with E-state index >= 15 is 0 Å². The highest BCUT2D eigenvalue weighted by Crippen LogP contribution is 2.30. The first-order valence-corrected chi connectivity index (χ1v) is 10.6. The van der Waals surface area contributed by atoms with Crippen molar-refractivity contribution in [1.82, 2.24) is 4.90 Å². The predicted octanol–water partition coefficient (Wildman–Crippen LogP) is 5.21. The number of benzene rings is 1. The number of halogens is 1. The Hall–Kier alpha value is -1.56. The summed E-state index contributed by atoms with van der Waals surface area (Å²) in [4.78, 5) is 27.1. The van der Waals surface area contributed by atoms with Gasteiger partial charge in [-0.3, -0.25) is 4.79 Å². The van der Waals surface area contributed by atoms with Gasteiger partial charge in [0.1, 0.15) is 11.2 Å². The van der Waals surface area contributed by atoms with Crippen molar-refractivity contribution in [3.8, 4) is 0 Å². The minimum Gasteiger partial charge on any atom is -0.460 e. The van der Waals surface area contributed by atoms with Crippen molar-refractivity contribution in [3.05, 3.63) is 34.3 Å². The average Bonchev–Trinajstić information content (AvgIpc) is 3.00. The number of hydrogen-bond acceptors (Lipinski definition) is 4. The fourth-order valence-corrected chi connectivity index (χ4v) is 3.57. The van der Waals surface area contributed by atoms with Crippen LogP contribution in [-0.4, -0.2) is 41.3 Å². The summed E-state index contributed by atoms with van der Waals surface area (Å²) < 4.78 is 12.2. The number of rotatable bonds is 4. The van der Waals surface area contributed by atoms with Crippen LogP contribution >= 0.6 is 15.9 Å². The van der Waals surface area contributed by atoms with E-state index in [-0.39, 0.29) is 23.9 Å². The van der Waals surface area contributed by atoms with Gasteiger partial charge in [-0.25, -0.2) is 4.79 Å². The molecule has 0 radical (unpaired) electrons. The van der Waals surface area contributed by atoms with E-state index in [0.29, 0.717) is 19.5 Å². The summed E-state index contributed by atoms with van der Waals surface area (Å²) in [6.07, 6.45) is 1.04. The van der Waals surface area contributed by atoms with Gasteiger partial charge in [-0.2, -0.15) is 0 Å². The third-order valence-electron chi connectivity index (χ3n) is 4.52. The van der Waals surface area contributed by atoms with E-state index in [1.165, 1.54) is 0 Å². The molecule has 2 rings (SSSR count). The van der Waals surface area contributed by atoms with Gasteiger partial charge in [-0.15, -0.1) is 0 Å². The summed E-state index contributed by atoms with van der Waals surface area (Å²) in [5.41, 5.74) is 0.00476. The highest BCUT2D eigenvalue weighted by atomic mass is 79.9. The Kier molecular flexibility index (Phi) is 7.18. The monoisotopic (exact) mass is 453 g/mol. The van der Waals surface area contributed by atoms with E-state index in [0.717, 1.165) is 16.5 Å². The minimum absolute atomic E-state index is 0.0472. The topological polar surface area (TPSA) is 55.8 Å². The zero-order chi connectivity index (χ0) is 21.1. The number of carbonyl (C=O) groups is 2. The Balaban J connectivity index is 2.13. The van der Waals surface area contributed by atoms with Crippen LogP contribution in [-0.2, 0) is 20.7 Å². The Bertz CT molecular complexity index is 688. The largest absolute Gasteiger partial charge is 0.460 e. The lowest BCUT2D eigenvalue weighted by Crippen LogP contribution is -2.38. The van der Waals surface area contributed by atoms with Crippen LogP contribution in [0.1, 0.15) is 53.5 Å². The van der Waals surface area contributed by atoms with E-state index in [2.05, 4.69) is 15.9 Å². The Morgan fingerprint density at radius 3 is 2.18 bits per heavy atom. The van der Waals surface area contributed by atoms with Crippen LogP contribution in [0.25, 0.3) is 0 Å². The van der Waals surface area contributed by atoms with Crippen LogP contribution in [0.3, 0.4) is 0 Å². The van der Waals surface area contributed by atoms with E-state index in [1.54, 1.807) is 4.90 Å². The first-order chi connectivity index (χ1) is 12.8. The van der Waals surface area contributed by atoms with Crippen LogP contribution in [0.5, 0.6) is 0 Å². The van der Waals surface area contributed by atoms with E-state index in [4.69, 9.17) is 9.47 Å². The molecule has 1 heterocycles. The number of amides is 1. The second-order valence-corrected chi connectivity index (χ2v) is 10.4. The molecule has 2 atom stereocenters. The summed E-state index contributed by atoms with van der Waals surface area (Å²) in [7, 11) is 0. The normalized spacial score (nSPS) is 18.7. The van der Waals surface area contributed by atoms with E-state index in [1.807, 2.05) is 65.8 Å². The molecule has 1 amide bonds. The third-order valence-corrected chi connectivity index (χ3v) is 5.05. The number of carbonyl (C=O) groups excluding carboxylic acids is 2. The molecule has 0 bridgehead atoms. The number of nitrogens with zero attached hydrogens (tertiary/aromatic N) is 1. The highest BCUT2D eigenvalue weighted by Gasteiger charge is 2.39. The fraction of sp³-hybridized carbons (Fsp3) is 0.636. The first kappa shape index (κ1) is 22.7. The predicted molar refractivity (Wildman–Crippen MR) is 113 cm³/mol. The number of likely N-dealkylation sites (tertiary alicyclic amines) is 1. The van der Waals surface area contributed by atoms with Crippen LogP contribution in [0, 0.1) is 11.8 Å². The summed E-state index contributed by atoms with van der Waals surface area (Å²) in [5, 5.41) is 0. The molecule has 0 aliphatic carbocycles. The minimum atomic E-state index is -0.543. The smallest absolute Gasteiger partial charge is 0.410 e. The molecular weight excluding hydrogens is 422 g/mol. The van der Waals surface area contributed by atoms with Crippen molar-refractivity contribution in [3.63, 3.8) is 0 Å². The second-order valence-electron chi connectivity index (χ2n) is 9.45. The molecular formula is C22H32BrNO4. The molecule has 0 saturated carbocycles. The van der Waals surface area contributed by atoms with Crippen LogP contribution < -0.4 is 0 Å². The summed E-state index contributed by atoms with van der Waals surface area (Å²) in [6, 6.07) is 7.98. The van der Waals surface area contributed by atoms with Crippen molar-refractivity contribution in [2.45, 2.75) is 65.6 Å². The molecule has 0 spiro atoms. The lowest BCUT2D eigenvalue weighted by Gasteiger charge is -2.28. The van der Waals surface area contributed by atoms with Crippen molar-refractivity contribution in [2.75, 3.05) is 13.1 Å². The van der Waals surface area contributed by atoms with Crippen molar-refractivity contribution < 1.29 is 19.1 Å². The quantitative estimate of drug-likeness (QED) is 0.587. The van der Waals surface area contributed by atoms with Gasteiger partial charge in [0.2, 0.25) is 0 Å². The average molecular weight is 454 g/mol. The lowest BCUT2D eigenvalue weighted by atomic mass is 9.86. The van der Waals surface area contributed by atoms with Crippen LogP contribution in [0.4, 0.5) is 4.79 Å². The van der Waals surface area contributed by atoms with Gasteiger partial charge in [-0.1, -0.05) is 28.1 Å². The molecule has 1 aromatic carbocycles. The molecule has 1 saturated heterocycles. The molecule has 28 heavy (non-hydrogen) atoms. The highest BCUT2D eigenvalue weighted by molar-refractivity contribution is 9.10. The maximum absolute atomic E-state index is 13.0. The van der Waals surface area contributed by atoms with Gasteiger partial charge in [0, 0.05) is 17.6 Å². The van der Waals surface area contributed by atoms with E-state index in [9.17, 15) is 9.59 Å². The maximum atomic E-state index is 13.0. The molecule has 156 valence electrons. The Morgan fingerprint density at radius 2 is 1.64 bits per heavy atom. The van der Waals surface area contributed by atoms with Gasteiger partial charge >= 0.3 is 12.1 Å². The van der Waals surface area contributed by atoms with E-state index < -0.39 is 11.2 Å². The molecule has 6 heteroatoms. The van der Waals surface area contributed by atoms with Gasteiger partial charge in [0.25, 0.3) is 0 Å². The molecule has 0 aromatic heterocycles. The lowest BCUT2D eigenvalue weighted by molar-refractivity contribution is -0.161. The van der Waals surface area contributed by atoms with Crippen LogP contribution in [0.15, 0.2) is 28.7 Å². The van der Waals surface area contributed by atoms with Gasteiger partial charge in [-0.05, 0) is 78.0 Å². The Labute approximate surface area is 176 Å². The maximum Gasteiger partial charge on any atom is 0.410 e. The summed E-state index contributed by atoms with van der Waals surface area (Å²) >= 11 is 3.44. The van der Waals surface area contributed by atoms with Gasteiger partial charge in [0.05, 0.1) is 5.92 Å². The summed E-state index contributed by atoms with van der Waals surface area (Å²) in [6.45, 7) is 12.3. The fourth-order valence-electron chi connectivity index (χ4n) is 3.30. The molecule has 5 nitrogen and oxygen atoms in total. The second kappa shape index (κ2) is 8.85. The summed E-state index contributed by atoms with van der Waals surface area (Å²) in [5.74, 6) is -0.453. The van der Waals surface area contributed by atoms with Crippen molar-refractivity contribution in [2.24, 2.45) is 11.8 Å². The molecule has 1 fully saturated rings. The molecule has 1 aliphatic heterocycles. The van der Waals surface area contributed by atoms with Crippen molar-refractivity contribution >= 4 is 28.0 Å². The number of hydrogen-bond donors (Lipinski definition) is 0. The van der Waals surface area contributed by atoms with Gasteiger partial charge < -0.3 is 14.4 Å². The standard InChI is InChI=1S/C22H32BrNO4/c1-21(2,3)27-19(25)18(13-15-7-9-17(23)10-8-15)16-11-12-24(14-16)20(26)28-22(4,5)6/h7-10,16,18H,11-14H2,1-6H3/t16-,18-/m0/s1. The van der Waals surface area contributed by atoms with Crippen molar-refractivity contribution in [1.29, 1.82) is 0 Å². The third kappa shape index (κ3) is 7.12. The molecule has 0 unspecified atom stereocenters. The van der Waals surface area contributed by atoms with Crippen LogP contribution in [0.2, 0.25) is 0 Å². The molecule has 0 N–H and O–H groups in total. The molecule has 1 aromatic rings. The first-order valence-electron chi connectivity index (χ1n) is 9.79. The number of esters is 1. The SMILES string of the molecule is CC(C)(C)OC(=O)[C@@H](Cc1ccc(Br)cc1)[C@H]1CCN(C(=O)OC(C)(C)C)C1.